The molecule has 0 radical (unpaired) electrons. The summed E-state index contributed by atoms with van der Waals surface area (Å²) in [5.74, 6) is 0. The second-order valence-electron chi connectivity index (χ2n) is 5.55. The number of pyridine rings is 1. The third kappa shape index (κ3) is 3.05. The summed E-state index contributed by atoms with van der Waals surface area (Å²) in [6, 6.07) is 4.09. The maximum absolute atomic E-state index is 9.45. The minimum atomic E-state index is 0.0704. The number of aromatic nitrogens is 1. The Morgan fingerprint density at radius 3 is 3.06 bits per heavy atom. The summed E-state index contributed by atoms with van der Waals surface area (Å²) < 4.78 is 0. The molecule has 0 aliphatic carbocycles. The van der Waals surface area contributed by atoms with Gasteiger partial charge in [0.1, 0.15) is 0 Å². The van der Waals surface area contributed by atoms with Crippen molar-refractivity contribution in [2.45, 2.75) is 33.2 Å². The fourth-order valence-corrected chi connectivity index (χ4v) is 2.59. The summed E-state index contributed by atoms with van der Waals surface area (Å²) in [7, 11) is 0. The maximum atomic E-state index is 9.45. The van der Waals surface area contributed by atoms with E-state index in [2.05, 4.69) is 29.8 Å². The Morgan fingerprint density at radius 2 is 2.35 bits per heavy atom. The molecule has 0 spiro atoms. The molecule has 0 bridgehead atoms. The second-order valence-corrected chi connectivity index (χ2v) is 5.55. The summed E-state index contributed by atoms with van der Waals surface area (Å²) in [6.07, 6.45) is 4.15. The first-order valence-electron chi connectivity index (χ1n) is 6.37. The molecular formula is C14H22N2O. The van der Waals surface area contributed by atoms with Crippen molar-refractivity contribution in [2.75, 3.05) is 19.7 Å². The molecule has 0 amide bonds. The standard InChI is InChI=1S/C14H22N2O/c1-12-5-3-7-15-13(12)9-16-8-4-6-14(2,10-16)11-17/h3,5,7,17H,4,6,8-11H2,1-2H3. The van der Waals surface area contributed by atoms with Gasteiger partial charge in [-0.1, -0.05) is 13.0 Å². The molecule has 2 heterocycles. The van der Waals surface area contributed by atoms with Gasteiger partial charge in [0.15, 0.2) is 0 Å². The lowest BCUT2D eigenvalue weighted by Gasteiger charge is -2.39. The van der Waals surface area contributed by atoms with Crippen molar-refractivity contribution >= 4 is 0 Å². The van der Waals surface area contributed by atoms with Gasteiger partial charge >= 0.3 is 0 Å². The molecule has 17 heavy (non-hydrogen) atoms. The van der Waals surface area contributed by atoms with Crippen LogP contribution in [0.3, 0.4) is 0 Å². The quantitative estimate of drug-likeness (QED) is 0.869. The van der Waals surface area contributed by atoms with Crippen LogP contribution in [0.2, 0.25) is 0 Å². The summed E-state index contributed by atoms with van der Waals surface area (Å²) in [5, 5.41) is 9.45. The lowest BCUT2D eigenvalue weighted by molar-refractivity contribution is 0.0423. The SMILES string of the molecule is Cc1cccnc1CN1CCCC(C)(CO)C1. The molecular weight excluding hydrogens is 212 g/mol. The molecule has 1 fully saturated rings. The van der Waals surface area contributed by atoms with E-state index in [0.717, 1.165) is 31.7 Å². The van der Waals surface area contributed by atoms with Gasteiger partial charge in [-0.3, -0.25) is 9.88 Å². The number of rotatable bonds is 3. The fourth-order valence-electron chi connectivity index (χ4n) is 2.59. The molecule has 1 aromatic rings. The van der Waals surface area contributed by atoms with E-state index in [1.807, 2.05) is 12.3 Å². The molecule has 1 aromatic heterocycles. The number of hydrogen-bond acceptors (Lipinski definition) is 3. The third-order valence-electron chi connectivity index (χ3n) is 3.73. The largest absolute Gasteiger partial charge is 0.396 e. The Labute approximate surface area is 103 Å². The normalized spacial score (nSPS) is 26.1. The van der Waals surface area contributed by atoms with Crippen LogP contribution >= 0.6 is 0 Å². The molecule has 1 atom stereocenters. The van der Waals surface area contributed by atoms with Gasteiger partial charge in [-0.2, -0.15) is 0 Å². The maximum Gasteiger partial charge on any atom is 0.0573 e. The molecule has 3 heteroatoms. The highest BCUT2D eigenvalue weighted by Gasteiger charge is 2.30. The van der Waals surface area contributed by atoms with Crippen LogP contribution in [0.15, 0.2) is 18.3 Å². The lowest BCUT2D eigenvalue weighted by atomic mass is 9.83. The molecule has 3 nitrogen and oxygen atoms in total. The fraction of sp³-hybridized carbons (Fsp3) is 0.643. The summed E-state index contributed by atoms with van der Waals surface area (Å²) in [5.41, 5.74) is 2.49. The number of nitrogens with zero attached hydrogens (tertiary/aromatic N) is 2. The van der Waals surface area contributed by atoms with E-state index in [0.29, 0.717) is 0 Å². The van der Waals surface area contributed by atoms with Crippen molar-refractivity contribution in [1.29, 1.82) is 0 Å². The first kappa shape index (κ1) is 12.5. The van der Waals surface area contributed by atoms with Crippen LogP contribution in [0.4, 0.5) is 0 Å². The number of aliphatic hydroxyl groups is 1. The first-order chi connectivity index (χ1) is 8.13. The molecule has 1 aliphatic rings. The van der Waals surface area contributed by atoms with Crippen molar-refractivity contribution in [3.8, 4) is 0 Å². The Bertz CT molecular complexity index is 380. The van der Waals surface area contributed by atoms with E-state index < -0.39 is 0 Å². The van der Waals surface area contributed by atoms with Gasteiger partial charge in [0.25, 0.3) is 0 Å². The van der Waals surface area contributed by atoms with Crippen LogP contribution in [0.5, 0.6) is 0 Å². The van der Waals surface area contributed by atoms with Crippen molar-refractivity contribution in [1.82, 2.24) is 9.88 Å². The minimum Gasteiger partial charge on any atom is -0.396 e. The highest BCUT2D eigenvalue weighted by atomic mass is 16.3. The molecule has 1 aliphatic heterocycles. The van der Waals surface area contributed by atoms with Crippen LogP contribution in [-0.2, 0) is 6.54 Å². The minimum absolute atomic E-state index is 0.0704. The summed E-state index contributed by atoms with van der Waals surface area (Å²) in [6.45, 7) is 7.56. The Hall–Kier alpha value is -0.930. The van der Waals surface area contributed by atoms with Crippen LogP contribution in [0.1, 0.15) is 31.0 Å². The monoisotopic (exact) mass is 234 g/mol. The van der Waals surface area contributed by atoms with Crippen molar-refractivity contribution in [3.63, 3.8) is 0 Å². The van der Waals surface area contributed by atoms with Crippen molar-refractivity contribution in [3.05, 3.63) is 29.6 Å². The molecule has 1 N–H and O–H groups in total. The van der Waals surface area contributed by atoms with E-state index in [1.54, 1.807) is 0 Å². The van der Waals surface area contributed by atoms with Gasteiger partial charge in [0.2, 0.25) is 0 Å². The smallest absolute Gasteiger partial charge is 0.0573 e. The highest BCUT2D eigenvalue weighted by Crippen LogP contribution is 2.29. The number of piperidine rings is 1. The zero-order chi connectivity index (χ0) is 12.3. The van der Waals surface area contributed by atoms with Gasteiger partial charge < -0.3 is 5.11 Å². The van der Waals surface area contributed by atoms with Crippen LogP contribution in [0, 0.1) is 12.3 Å². The first-order valence-corrected chi connectivity index (χ1v) is 6.37. The summed E-state index contributed by atoms with van der Waals surface area (Å²) >= 11 is 0. The Morgan fingerprint density at radius 1 is 1.53 bits per heavy atom. The predicted molar refractivity (Wildman–Crippen MR) is 68.7 cm³/mol. The average molecular weight is 234 g/mol. The van der Waals surface area contributed by atoms with Crippen LogP contribution < -0.4 is 0 Å². The van der Waals surface area contributed by atoms with E-state index in [9.17, 15) is 5.11 Å². The van der Waals surface area contributed by atoms with Gasteiger partial charge in [-0.15, -0.1) is 0 Å². The average Bonchev–Trinajstić information content (AvgIpc) is 2.32. The van der Waals surface area contributed by atoms with E-state index >= 15 is 0 Å². The van der Waals surface area contributed by atoms with E-state index in [-0.39, 0.29) is 12.0 Å². The molecule has 1 saturated heterocycles. The van der Waals surface area contributed by atoms with Crippen LogP contribution in [-0.4, -0.2) is 34.7 Å². The molecule has 2 rings (SSSR count). The number of aliphatic hydroxyl groups excluding tert-OH is 1. The second kappa shape index (κ2) is 5.15. The van der Waals surface area contributed by atoms with Crippen LogP contribution in [0.25, 0.3) is 0 Å². The van der Waals surface area contributed by atoms with E-state index in [1.165, 1.54) is 12.0 Å². The van der Waals surface area contributed by atoms with Gasteiger partial charge in [0.05, 0.1) is 5.69 Å². The van der Waals surface area contributed by atoms with Gasteiger partial charge in [-0.25, -0.2) is 0 Å². The third-order valence-corrected chi connectivity index (χ3v) is 3.73. The highest BCUT2D eigenvalue weighted by molar-refractivity contribution is 5.17. The topological polar surface area (TPSA) is 36.4 Å². The lowest BCUT2D eigenvalue weighted by Crippen LogP contribution is -2.43. The zero-order valence-electron chi connectivity index (χ0n) is 10.8. The molecule has 0 saturated carbocycles. The number of likely N-dealkylation sites (tertiary alicyclic amines) is 1. The molecule has 94 valence electrons. The Balaban J connectivity index is 2.02. The van der Waals surface area contributed by atoms with Gasteiger partial charge in [0, 0.05) is 31.3 Å². The van der Waals surface area contributed by atoms with E-state index in [4.69, 9.17) is 0 Å². The molecule has 0 aromatic carbocycles. The summed E-state index contributed by atoms with van der Waals surface area (Å²) in [4.78, 5) is 6.85. The van der Waals surface area contributed by atoms with Gasteiger partial charge in [-0.05, 0) is 37.9 Å². The molecule has 1 unspecified atom stereocenters. The van der Waals surface area contributed by atoms with Crippen molar-refractivity contribution in [2.24, 2.45) is 5.41 Å². The van der Waals surface area contributed by atoms with Crippen molar-refractivity contribution < 1.29 is 5.11 Å². The Kier molecular flexibility index (Phi) is 3.79. The number of aryl methyl sites for hydroxylation is 1. The zero-order valence-corrected chi connectivity index (χ0v) is 10.8. The number of hydrogen-bond donors (Lipinski definition) is 1. The predicted octanol–water partition coefficient (Wildman–Crippen LogP) is 1.98.